The SMILES string of the molecule is C=CNC(O)C(OCC(F)(F)S(=O)(=O)O)(OC(=O)C(=C)F)C(F)(F)F. The van der Waals surface area contributed by atoms with E-state index in [-0.39, 0.29) is 0 Å². The van der Waals surface area contributed by atoms with Crippen LogP contribution in [-0.4, -0.2) is 54.1 Å². The Hall–Kier alpha value is -1.84. The van der Waals surface area contributed by atoms with Gasteiger partial charge in [0, 0.05) is 0 Å². The van der Waals surface area contributed by atoms with Crippen LogP contribution in [-0.2, 0) is 24.4 Å². The molecule has 0 heterocycles. The number of carbonyl (C=O) groups is 1. The lowest BCUT2D eigenvalue weighted by Crippen LogP contribution is -2.64. The second kappa shape index (κ2) is 7.59. The lowest BCUT2D eigenvalue weighted by Gasteiger charge is -2.38. The molecule has 15 heteroatoms. The number of aliphatic hydroxyl groups excluding tert-OH is 1. The minimum Gasteiger partial charge on any atom is -0.414 e. The Kier molecular flexibility index (Phi) is 7.03. The van der Waals surface area contributed by atoms with Crippen molar-refractivity contribution < 1.29 is 58.7 Å². The number of aliphatic hydroxyl groups is 1. The van der Waals surface area contributed by atoms with Crippen molar-refractivity contribution in [1.82, 2.24) is 5.32 Å². The molecule has 0 spiro atoms. The largest absolute Gasteiger partial charge is 0.460 e. The van der Waals surface area contributed by atoms with Crippen LogP contribution >= 0.6 is 0 Å². The highest BCUT2D eigenvalue weighted by Crippen LogP contribution is 2.39. The fourth-order valence-corrected chi connectivity index (χ4v) is 1.35. The fraction of sp³-hybridized carbons (Fsp3) is 0.500. The predicted molar refractivity (Wildman–Crippen MR) is 66.9 cm³/mol. The lowest BCUT2D eigenvalue weighted by molar-refractivity contribution is -0.401. The molecule has 0 radical (unpaired) electrons. The molecule has 0 aromatic carbocycles. The normalized spacial score (nSPS) is 16.5. The molecule has 0 amide bonds. The third-order valence-corrected chi connectivity index (χ3v) is 3.20. The standard InChI is InChI=1S/C10H11F6NO7S/c1-3-17-7(19)9(10(14,15)16,24-6(18)5(2)11)23-4-8(12,13)25(20,21)22/h3,7,17,19H,1-2,4H2,(H,20,21,22). The second-order valence-corrected chi connectivity index (χ2v) is 5.68. The highest BCUT2D eigenvalue weighted by atomic mass is 32.2. The molecule has 0 aromatic rings. The number of esters is 1. The zero-order valence-electron chi connectivity index (χ0n) is 11.9. The van der Waals surface area contributed by atoms with Crippen molar-refractivity contribution in [2.75, 3.05) is 6.61 Å². The van der Waals surface area contributed by atoms with E-state index in [0.717, 1.165) is 0 Å². The van der Waals surface area contributed by atoms with Gasteiger partial charge in [-0.25, -0.2) is 4.79 Å². The smallest absolute Gasteiger partial charge is 0.414 e. The van der Waals surface area contributed by atoms with Gasteiger partial charge in [0.25, 0.3) is 0 Å². The van der Waals surface area contributed by atoms with E-state index in [9.17, 15) is 44.7 Å². The minimum atomic E-state index is -6.23. The number of hydrogen-bond acceptors (Lipinski definition) is 7. The molecule has 2 unspecified atom stereocenters. The molecule has 3 N–H and O–H groups in total. The zero-order valence-corrected chi connectivity index (χ0v) is 12.7. The molecule has 146 valence electrons. The summed E-state index contributed by atoms with van der Waals surface area (Å²) in [6.45, 7) is 2.42. The third-order valence-electron chi connectivity index (χ3n) is 2.33. The minimum absolute atomic E-state index is 0.396. The first kappa shape index (κ1) is 23.2. The van der Waals surface area contributed by atoms with Crippen LogP contribution < -0.4 is 5.32 Å². The molecule has 0 saturated carbocycles. The van der Waals surface area contributed by atoms with E-state index in [1.807, 2.05) is 0 Å². The van der Waals surface area contributed by atoms with E-state index >= 15 is 0 Å². The van der Waals surface area contributed by atoms with E-state index in [4.69, 9.17) is 4.55 Å². The van der Waals surface area contributed by atoms with Crippen molar-refractivity contribution in [1.29, 1.82) is 0 Å². The van der Waals surface area contributed by atoms with Crippen molar-refractivity contribution in [3.8, 4) is 0 Å². The molecule has 0 bridgehead atoms. The Labute approximate surface area is 136 Å². The molecule has 25 heavy (non-hydrogen) atoms. The van der Waals surface area contributed by atoms with Gasteiger partial charge in [0.2, 0.25) is 12.1 Å². The van der Waals surface area contributed by atoms with Crippen LogP contribution in [0.15, 0.2) is 25.2 Å². The van der Waals surface area contributed by atoms with E-state index in [2.05, 4.69) is 22.6 Å². The van der Waals surface area contributed by atoms with E-state index in [1.165, 1.54) is 5.32 Å². The number of carbonyl (C=O) groups excluding carboxylic acids is 1. The van der Waals surface area contributed by atoms with Crippen molar-refractivity contribution in [3.05, 3.63) is 25.2 Å². The van der Waals surface area contributed by atoms with Gasteiger partial charge in [0.15, 0.2) is 0 Å². The molecule has 0 rings (SSSR count). The molecule has 2 atom stereocenters. The molecule has 0 aliphatic heterocycles. The molecular weight excluding hydrogens is 392 g/mol. The summed E-state index contributed by atoms with van der Waals surface area (Å²) in [7, 11) is -6.23. The Balaban J connectivity index is 6.05. The molecule has 0 aliphatic rings. The van der Waals surface area contributed by atoms with Crippen LogP contribution in [0.3, 0.4) is 0 Å². The Morgan fingerprint density at radius 1 is 1.28 bits per heavy atom. The quantitative estimate of drug-likeness (QED) is 0.170. The van der Waals surface area contributed by atoms with E-state index in [0.29, 0.717) is 6.20 Å². The summed E-state index contributed by atoms with van der Waals surface area (Å²) < 4.78 is 115. The van der Waals surface area contributed by atoms with Crippen LogP contribution in [0, 0.1) is 0 Å². The van der Waals surface area contributed by atoms with Gasteiger partial charge in [-0.3, -0.25) is 4.55 Å². The van der Waals surface area contributed by atoms with Gasteiger partial charge in [0.05, 0.1) is 0 Å². The summed E-state index contributed by atoms with van der Waals surface area (Å²) >= 11 is 0. The molecule has 0 aliphatic carbocycles. The van der Waals surface area contributed by atoms with Gasteiger partial charge >= 0.3 is 33.3 Å². The number of halogens is 6. The maximum atomic E-state index is 13.2. The Bertz CT molecular complexity index is 634. The topological polar surface area (TPSA) is 122 Å². The van der Waals surface area contributed by atoms with Crippen molar-refractivity contribution in [2.45, 2.75) is 23.4 Å². The molecule has 0 fully saturated rings. The molecule has 8 nitrogen and oxygen atoms in total. The van der Waals surface area contributed by atoms with Gasteiger partial charge in [-0.1, -0.05) is 13.2 Å². The first-order chi connectivity index (χ1) is 11.0. The summed E-state index contributed by atoms with van der Waals surface area (Å²) in [6.07, 6.45) is -8.79. The highest BCUT2D eigenvalue weighted by molar-refractivity contribution is 7.86. The number of ether oxygens (including phenoxy) is 2. The summed E-state index contributed by atoms with van der Waals surface area (Å²) in [4.78, 5) is 11.0. The Morgan fingerprint density at radius 2 is 1.76 bits per heavy atom. The first-order valence-corrected chi connectivity index (χ1v) is 7.14. The van der Waals surface area contributed by atoms with Gasteiger partial charge in [0.1, 0.15) is 6.61 Å². The summed E-state index contributed by atoms with van der Waals surface area (Å²) in [5, 5.41) is 5.52. The molecule has 0 aromatic heterocycles. The maximum Gasteiger partial charge on any atom is 0.460 e. The van der Waals surface area contributed by atoms with Crippen molar-refractivity contribution >= 4 is 16.1 Å². The molecule has 0 saturated heterocycles. The summed E-state index contributed by atoms with van der Waals surface area (Å²) in [6, 6.07) is 0. The van der Waals surface area contributed by atoms with Gasteiger partial charge in [-0.05, 0) is 6.20 Å². The zero-order chi connectivity index (χ0) is 20.3. The number of alkyl halides is 5. The summed E-state index contributed by atoms with van der Waals surface area (Å²) in [5.41, 5.74) is 0. The highest BCUT2D eigenvalue weighted by Gasteiger charge is 2.67. The van der Waals surface area contributed by atoms with Crippen LogP contribution in [0.4, 0.5) is 26.3 Å². The van der Waals surface area contributed by atoms with Gasteiger partial charge in [-0.2, -0.15) is 34.8 Å². The molecular formula is C10H11F6NO7S. The summed E-state index contributed by atoms with van der Waals surface area (Å²) in [5.74, 6) is -9.29. The van der Waals surface area contributed by atoms with Crippen molar-refractivity contribution in [2.24, 2.45) is 0 Å². The van der Waals surface area contributed by atoms with Crippen LogP contribution in [0.5, 0.6) is 0 Å². The average Bonchev–Trinajstić information content (AvgIpc) is 2.40. The average molecular weight is 403 g/mol. The van der Waals surface area contributed by atoms with Crippen LogP contribution in [0.2, 0.25) is 0 Å². The lowest BCUT2D eigenvalue weighted by atomic mass is 10.2. The predicted octanol–water partition coefficient (Wildman–Crippen LogP) is 0.820. The van der Waals surface area contributed by atoms with Gasteiger partial charge < -0.3 is 19.9 Å². The number of nitrogens with one attached hydrogen (secondary N) is 1. The van der Waals surface area contributed by atoms with Crippen LogP contribution in [0.25, 0.3) is 0 Å². The fourth-order valence-electron chi connectivity index (χ4n) is 1.14. The van der Waals surface area contributed by atoms with Crippen molar-refractivity contribution in [3.63, 3.8) is 0 Å². The van der Waals surface area contributed by atoms with Crippen LogP contribution in [0.1, 0.15) is 0 Å². The monoisotopic (exact) mass is 403 g/mol. The number of rotatable bonds is 9. The van der Waals surface area contributed by atoms with Gasteiger partial charge in [-0.15, -0.1) is 0 Å². The number of hydrogen-bond donors (Lipinski definition) is 3. The maximum absolute atomic E-state index is 13.2. The Morgan fingerprint density at radius 3 is 2.08 bits per heavy atom. The third kappa shape index (κ3) is 5.32. The first-order valence-electron chi connectivity index (χ1n) is 5.70. The van der Waals surface area contributed by atoms with E-state index in [1.54, 1.807) is 0 Å². The van der Waals surface area contributed by atoms with E-state index < -0.39 is 52.0 Å². The second-order valence-electron chi connectivity index (χ2n) is 4.13.